The van der Waals surface area contributed by atoms with E-state index in [4.69, 9.17) is 5.73 Å². The molecule has 1 atom stereocenters. The van der Waals surface area contributed by atoms with E-state index in [1.54, 1.807) is 6.07 Å². The number of hydrogen-bond acceptors (Lipinski definition) is 2. The van der Waals surface area contributed by atoms with Crippen molar-refractivity contribution >= 4 is 18.3 Å². The van der Waals surface area contributed by atoms with Crippen molar-refractivity contribution in [2.45, 2.75) is 50.0 Å². The van der Waals surface area contributed by atoms with E-state index in [0.717, 1.165) is 31.2 Å². The van der Waals surface area contributed by atoms with Crippen molar-refractivity contribution in [2.24, 2.45) is 11.7 Å². The van der Waals surface area contributed by atoms with E-state index in [1.807, 2.05) is 6.07 Å². The zero-order chi connectivity index (χ0) is 14.9. The zero-order valence-electron chi connectivity index (χ0n) is 12.7. The van der Waals surface area contributed by atoms with Crippen molar-refractivity contribution in [3.63, 3.8) is 0 Å². The molecule has 0 spiro atoms. The lowest BCUT2D eigenvalue weighted by molar-refractivity contribution is -0.126. The molecule has 3 N–H and O–H groups in total. The van der Waals surface area contributed by atoms with Gasteiger partial charge in [0.05, 0.1) is 5.41 Å². The van der Waals surface area contributed by atoms with Gasteiger partial charge in [-0.3, -0.25) is 4.79 Å². The van der Waals surface area contributed by atoms with Gasteiger partial charge in [-0.2, -0.15) is 0 Å². The molecule has 1 unspecified atom stereocenters. The second-order valence-corrected chi connectivity index (χ2v) is 6.51. The van der Waals surface area contributed by atoms with E-state index in [9.17, 15) is 9.18 Å². The smallest absolute Gasteiger partial charge is 0.230 e. The van der Waals surface area contributed by atoms with E-state index in [0.29, 0.717) is 12.5 Å². The molecule has 3 rings (SSSR count). The quantitative estimate of drug-likeness (QED) is 0.874. The van der Waals surface area contributed by atoms with Crippen LogP contribution in [-0.4, -0.2) is 18.5 Å². The minimum absolute atomic E-state index is 0. The van der Waals surface area contributed by atoms with Gasteiger partial charge in [-0.25, -0.2) is 4.39 Å². The van der Waals surface area contributed by atoms with Gasteiger partial charge >= 0.3 is 0 Å². The summed E-state index contributed by atoms with van der Waals surface area (Å²) in [5.74, 6) is 0.307. The molecule has 0 saturated heterocycles. The lowest BCUT2D eigenvalue weighted by Crippen LogP contribution is -2.47. The van der Waals surface area contributed by atoms with E-state index in [-0.39, 0.29) is 30.2 Å². The van der Waals surface area contributed by atoms with Crippen LogP contribution in [-0.2, 0) is 10.2 Å². The fourth-order valence-electron chi connectivity index (χ4n) is 3.48. The molecule has 5 heteroatoms. The van der Waals surface area contributed by atoms with Gasteiger partial charge in [0.25, 0.3) is 0 Å². The first-order valence-corrected chi connectivity index (χ1v) is 7.92. The van der Waals surface area contributed by atoms with Gasteiger partial charge < -0.3 is 11.1 Å². The summed E-state index contributed by atoms with van der Waals surface area (Å²) in [6.45, 7) is 0.528. The number of amides is 1. The summed E-state index contributed by atoms with van der Waals surface area (Å²) < 4.78 is 13.5. The summed E-state index contributed by atoms with van der Waals surface area (Å²) in [6.07, 6.45) is 5.96. The Kier molecular flexibility index (Phi) is 5.45. The lowest BCUT2D eigenvalue weighted by atomic mass is 9.78. The summed E-state index contributed by atoms with van der Waals surface area (Å²) in [5, 5.41) is 3.02. The number of carbonyl (C=O) groups is 1. The highest BCUT2D eigenvalue weighted by Gasteiger charge is 2.43. The average Bonchev–Trinajstić information content (AvgIpc) is 3.21. The minimum atomic E-state index is -0.564. The highest BCUT2D eigenvalue weighted by atomic mass is 35.5. The van der Waals surface area contributed by atoms with Crippen LogP contribution in [0.25, 0.3) is 0 Å². The molecule has 0 heterocycles. The summed E-state index contributed by atoms with van der Waals surface area (Å²) in [7, 11) is 0. The topological polar surface area (TPSA) is 55.1 Å². The molecule has 2 fully saturated rings. The van der Waals surface area contributed by atoms with Gasteiger partial charge in [-0.1, -0.05) is 25.0 Å². The zero-order valence-corrected chi connectivity index (χ0v) is 13.5. The Morgan fingerprint density at radius 2 is 2.05 bits per heavy atom. The van der Waals surface area contributed by atoms with Gasteiger partial charge in [-0.05, 0) is 49.3 Å². The summed E-state index contributed by atoms with van der Waals surface area (Å²) in [4.78, 5) is 12.7. The van der Waals surface area contributed by atoms with Crippen LogP contribution < -0.4 is 11.1 Å². The summed E-state index contributed by atoms with van der Waals surface area (Å²) in [5.41, 5.74) is 6.30. The highest BCUT2D eigenvalue weighted by Crippen LogP contribution is 2.41. The van der Waals surface area contributed by atoms with Gasteiger partial charge in [-0.15, -0.1) is 12.4 Å². The molecular weight excluding hydrogens is 303 g/mol. The number of halogens is 2. The van der Waals surface area contributed by atoms with Crippen molar-refractivity contribution in [2.75, 3.05) is 6.54 Å². The average molecular weight is 327 g/mol. The number of nitrogens with two attached hydrogens (primary N) is 1. The summed E-state index contributed by atoms with van der Waals surface area (Å²) >= 11 is 0. The number of benzene rings is 1. The van der Waals surface area contributed by atoms with Crippen LogP contribution in [0.15, 0.2) is 24.3 Å². The molecule has 0 aromatic heterocycles. The molecule has 22 heavy (non-hydrogen) atoms. The van der Waals surface area contributed by atoms with Crippen molar-refractivity contribution < 1.29 is 9.18 Å². The number of hydrogen-bond donors (Lipinski definition) is 2. The second kappa shape index (κ2) is 6.97. The van der Waals surface area contributed by atoms with Crippen molar-refractivity contribution in [1.82, 2.24) is 5.32 Å². The van der Waals surface area contributed by atoms with Crippen LogP contribution in [0, 0.1) is 11.7 Å². The monoisotopic (exact) mass is 326 g/mol. The van der Waals surface area contributed by atoms with Gasteiger partial charge in [0, 0.05) is 12.6 Å². The van der Waals surface area contributed by atoms with E-state index < -0.39 is 5.41 Å². The molecule has 0 bridgehead atoms. The maximum absolute atomic E-state index is 13.5. The van der Waals surface area contributed by atoms with Crippen molar-refractivity contribution in [3.8, 4) is 0 Å². The molecule has 1 aromatic carbocycles. The molecular formula is C17H24ClFN2O. The molecule has 1 amide bonds. The van der Waals surface area contributed by atoms with E-state index in [1.165, 1.54) is 25.0 Å². The fourth-order valence-corrected chi connectivity index (χ4v) is 3.48. The molecule has 1 aromatic rings. The largest absolute Gasteiger partial charge is 0.354 e. The van der Waals surface area contributed by atoms with Gasteiger partial charge in [0.15, 0.2) is 0 Å². The first kappa shape index (κ1) is 17.2. The second-order valence-electron chi connectivity index (χ2n) is 6.51. The van der Waals surface area contributed by atoms with Gasteiger partial charge in [0.1, 0.15) is 5.82 Å². The Labute approximate surface area is 137 Å². The maximum Gasteiger partial charge on any atom is 0.230 e. The maximum atomic E-state index is 13.5. The molecule has 122 valence electrons. The van der Waals surface area contributed by atoms with Gasteiger partial charge in [0.2, 0.25) is 5.91 Å². The predicted octanol–water partition coefficient (Wildman–Crippen LogP) is 2.91. The minimum Gasteiger partial charge on any atom is -0.354 e. The Morgan fingerprint density at radius 1 is 1.36 bits per heavy atom. The molecule has 2 saturated carbocycles. The number of carbonyl (C=O) groups excluding carboxylic acids is 1. The third-order valence-corrected chi connectivity index (χ3v) is 4.99. The first-order valence-electron chi connectivity index (χ1n) is 7.92. The Bertz CT molecular complexity index is 527. The lowest BCUT2D eigenvalue weighted by Gasteiger charge is -2.29. The normalized spacial score (nSPS) is 21.0. The molecule has 0 aliphatic heterocycles. The fraction of sp³-hybridized carbons (Fsp3) is 0.588. The predicted molar refractivity (Wildman–Crippen MR) is 87.5 cm³/mol. The highest BCUT2D eigenvalue weighted by molar-refractivity contribution is 5.88. The molecule has 0 radical (unpaired) electrons. The van der Waals surface area contributed by atoms with Crippen LogP contribution in [0.3, 0.4) is 0 Å². The first-order chi connectivity index (χ1) is 10.1. The number of rotatable bonds is 5. The SMILES string of the molecule is Cl.NC(CNC(=O)C1(c2cccc(F)c2)CCCC1)C1CC1. The van der Waals surface area contributed by atoms with Crippen LogP contribution in [0.2, 0.25) is 0 Å². The van der Waals surface area contributed by atoms with Crippen LogP contribution in [0.5, 0.6) is 0 Å². The van der Waals surface area contributed by atoms with Crippen LogP contribution in [0.1, 0.15) is 44.1 Å². The molecule has 3 nitrogen and oxygen atoms in total. The Hall–Kier alpha value is -1.13. The third kappa shape index (κ3) is 3.44. The van der Waals surface area contributed by atoms with Crippen molar-refractivity contribution in [3.05, 3.63) is 35.6 Å². The summed E-state index contributed by atoms with van der Waals surface area (Å²) in [6, 6.07) is 6.54. The van der Waals surface area contributed by atoms with E-state index in [2.05, 4.69) is 5.32 Å². The standard InChI is InChI=1S/C17H23FN2O.ClH/c18-14-5-3-4-13(10-14)17(8-1-2-9-17)16(21)20-11-15(19)12-6-7-12;/h3-5,10,12,15H,1-2,6-9,11,19H2,(H,20,21);1H. The third-order valence-electron chi connectivity index (χ3n) is 4.99. The molecule has 2 aliphatic carbocycles. The number of nitrogens with one attached hydrogen (secondary N) is 1. The van der Waals surface area contributed by atoms with Crippen molar-refractivity contribution in [1.29, 1.82) is 0 Å². The van der Waals surface area contributed by atoms with Crippen LogP contribution >= 0.6 is 12.4 Å². The van der Waals surface area contributed by atoms with Crippen LogP contribution in [0.4, 0.5) is 4.39 Å². The molecule has 2 aliphatic rings. The Balaban J connectivity index is 0.00000176. The van der Waals surface area contributed by atoms with E-state index >= 15 is 0 Å². The Morgan fingerprint density at radius 3 is 2.64 bits per heavy atom.